The molecule has 0 aromatic heterocycles. The maximum atomic E-state index is 11.9. The van der Waals surface area contributed by atoms with Gasteiger partial charge in [-0.05, 0) is 86.8 Å². The lowest BCUT2D eigenvalue weighted by molar-refractivity contribution is 0.101. The Morgan fingerprint density at radius 2 is 1.93 bits per heavy atom. The first-order valence-corrected chi connectivity index (χ1v) is 6.97. The minimum atomic E-state index is -0.543. The fraction of sp³-hybridized carbons (Fsp3) is 0.222. The van der Waals surface area contributed by atoms with Crippen LogP contribution in [0.4, 0.5) is 0 Å². The van der Waals surface area contributed by atoms with E-state index in [4.69, 9.17) is 0 Å². The highest BCUT2D eigenvalue weighted by molar-refractivity contribution is 14.3. The van der Waals surface area contributed by atoms with Crippen LogP contribution in [0.15, 0.2) is 18.2 Å². The van der Waals surface area contributed by atoms with Crippen molar-refractivity contribution < 1.29 is 9.90 Å². The van der Waals surface area contributed by atoms with Gasteiger partial charge in [0, 0.05) is 0 Å². The molecule has 0 aliphatic heterocycles. The first-order valence-electron chi connectivity index (χ1n) is 3.73. The average Bonchev–Trinajstić information content (AvgIpc) is 2.06. The molecule has 76 valence electrons. The molecule has 14 heavy (non-hydrogen) atoms. The molecule has 0 saturated heterocycles. The Balaban J connectivity index is 3.19. The van der Waals surface area contributed by atoms with E-state index in [1.165, 1.54) is 0 Å². The molecule has 1 aromatic carbocycles. The van der Waals surface area contributed by atoms with Gasteiger partial charge in [0.15, 0.2) is -0.565 Å². The first kappa shape index (κ1) is 12.9. The molecule has 0 unspecified atom stereocenters. The van der Waals surface area contributed by atoms with E-state index in [1.807, 2.05) is 74.7 Å². The summed E-state index contributed by atoms with van der Waals surface area (Å²) in [4.78, 5) is 11.9. The standard InChI is InChI=1S/C9H7I3O2/c1-5-2-3-7(13)6(4-5)8(14)9(10,11)12/h2-4,13H,1H3. The van der Waals surface area contributed by atoms with Crippen molar-refractivity contribution in [2.45, 2.75) is 6.36 Å². The third-order valence-corrected chi connectivity index (χ3v) is 3.12. The highest BCUT2D eigenvalue weighted by Crippen LogP contribution is 2.40. The number of halogens is 3. The minimum Gasteiger partial charge on any atom is -0.507 e. The number of benzene rings is 1. The van der Waals surface area contributed by atoms with Crippen molar-refractivity contribution in [2.24, 2.45) is 0 Å². The fourth-order valence-electron chi connectivity index (χ4n) is 0.984. The molecular formula is C9H7I3O2. The van der Waals surface area contributed by atoms with Gasteiger partial charge in [-0.3, -0.25) is 4.79 Å². The summed E-state index contributed by atoms with van der Waals surface area (Å²) < 4.78 is -0.543. The first-order chi connectivity index (χ1) is 6.32. The summed E-state index contributed by atoms with van der Waals surface area (Å²) in [7, 11) is 0. The zero-order valence-corrected chi connectivity index (χ0v) is 13.7. The van der Waals surface area contributed by atoms with E-state index in [0.717, 1.165) is 5.56 Å². The number of alkyl halides is 3. The van der Waals surface area contributed by atoms with Crippen LogP contribution < -0.4 is 0 Å². The monoisotopic (exact) mass is 528 g/mol. The van der Waals surface area contributed by atoms with Gasteiger partial charge >= 0.3 is 0 Å². The molecule has 1 rings (SSSR count). The SMILES string of the molecule is Cc1ccc(O)c(C(=O)C(I)(I)I)c1. The van der Waals surface area contributed by atoms with Crippen LogP contribution in [0.25, 0.3) is 0 Å². The van der Waals surface area contributed by atoms with E-state index in [-0.39, 0.29) is 11.5 Å². The summed E-state index contributed by atoms with van der Waals surface area (Å²) in [6.45, 7) is 1.89. The van der Waals surface area contributed by atoms with E-state index in [1.54, 1.807) is 18.2 Å². The number of Topliss-reactive ketones (excluding diaryl/α,β-unsaturated/α-hetero) is 1. The lowest BCUT2D eigenvalue weighted by atomic mass is 10.1. The van der Waals surface area contributed by atoms with Gasteiger partial charge in [0.1, 0.15) is 5.75 Å². The number of hydrogen-bond donors (Lipinski definition) is 1. The van der Waals surface area contributed by atoms with Gasteiger partial charge in [0.25, 0.3) is 0 Å². The predicted octanol–water partition coefficient (Wildman–Crippen LogP) is 3.84. The van der Waals surface area contributed by atoms with Crippen molar-refractivity contribution in [3.05, 3.63) is 29.3 Å². The molecule has 0 amide bonds. The van der Waals surface area contributed by atoms with Crippen LogP contribution in [0, 0.1) is 6.92 Å². The van der Waals surface area contributed by atoms with Crippen LogP contribution in [-0.2, 0) is 0 Å². The van der Waals surface area contributed by atoms with Crippen molar-refractivity contribution in [3.63, 3.8) is 0 Å². The summed E-state index contributed by atoms with van der Waals surface area (Å²) in [5.41, 5.74) is 1.36. The number of aryl methyl sites for hydroxylation is 1. The van der Waals surface area contributed by atoms with Gasteiger partial charge in [-0.1, -0.05) is 11.6 Å². The molecule has 1 N–H and O–H groups in total. The molecule has 2 nitrogen and oxygen atoms in total. The molecule has 0 aliphatic carbocycles. The van der Waals surface area contributed by atoms with Crippen molar-refractivity contribution in [1.82, 2.24) is 0 Å². The zero-order chi connectivity index (χ0) is 10.9. The van der Waals surface area contributed by atoms with Crippen molar-refractivity contribution in [1.29, 1.82) is 0 Å². The van der Waals surface area contributed by atoms with E-state index < -0.39 is -0.565 Å². The second kappa shape index (κ2) is 4.81. The van der Waals surface area contributed by atoms with Crippen LogP contribution in [0.3, 0.4) is 0 Å². The van der Waals surface area contributed by atoms with Gasteiger partial charge < -0.3 is 5.11 Å². The Kier molecular flexibility index (Phi) is 4.45. The van der Waals surface area contributed by atoms with E-state index in [9.17, 15) is 9.90 Å². The average molecular weight is 528 g/mol. The van der Waals surface area contributed by atoms with E-state index >= 15 is 0 Å². The van der Waals surface area contributed by atoms with Crippen LogP contribution in [0.5, 0.6) is 5.75 Å². The molecule has 0 fully saturated rings. The number of hydrogen-bond acceptors (Lipinski definition) is 2. The summed E-state index contributed by atoms with van der Waals surface area (Å²) in [6.07, 6.45) is 0. The molecule has 0 heterocycles. The topological polar surface area (TPSA) is 37.3 Å². The lowest BCUT2D eigenvalue weighted by Gasteiger charge is -2.12. The Morgan fingerprint density at radius 3 is 2.43 bits per heavy atom. The molecule has 0 atom stereocenters. The number of phenolic OH excluding ortho intramolecular Hbond substituents is 1. The van der Waals surface area contributed by atoms with Crippen LogP contribution in [0.1, 0.15) is 15.9 Å². The summed E-state index contributed by atoms with van der Waals surface area (Å²) >= 11 is 6.14. The fourth-order valence-corrected chi connectivity index (χ4v) is 1.86. The Labute approximate surface area is 123 Å². The number of carbonyl (C=O) groups excluding carboxylic acids is 1. The van der Waals surface area contributed by atoms with Gasteiger partial charge in [-0.25, -0.2) is 0 Å². The summed E-state index contributed by atoms with van der Waals surface area (Å²) in [5.74, 6) is -0.0181. The predicted molar refractivity (Wildman–Crippen MR) is 82.0 cm³/mol. The lowest BCUT2D eigenvalue weighted by Crippen LogP contribution is -2.16. The number of aromatic hydroxyl groups is 1. The largest absolute Gasteiger partial charge is 0.507 e. The van der Waals surface area contributed by atoms with Crippen LogP contribution in [-0.4, -0.2) is 10.3 Å². The summed E-state index contributed by atoms with van der Waals surface area (Å²) in [6, 6.07) is 5.04. The van der Waals surface area contributed by atoms with Crippen molar-refractivity contribution in [2.75, 3.05) is 0 Å². The van der Waals surface area contributed by atoms with Gasteiger partial charge in [0.2, 0.25) is 5.78 Å². The Bertz CT molecular complexity index is 369. The van der Waals surface area contributed by atoms with Crippen molar-refractivity contribution in [3.8, 4) is 5.75 Å². The van der Waals surface area contributed by atoms with Gasteiger partial charge in [-0.15, -0.1) is 0 Å². The van der Waals surface area contributed by atoms with E-state index in [0.29, 0.717) is 5.56 Å². The molecule has 0 saturated carbocycles. The maximum absolute atomic E-state index is 11.9. The third kappa shape index (κ3) is 3.19. The quantitative estimate of drug-likeness (QED) is 0.361. The second-order valence-corrected chi connectivity index (χ2v) is 13.9. The van der Waals surface area contributed by atoms with E-state index in [2.05, 4.69) is 0 Å². The molecular weight excluding hydrogens is 521 g/mol. The van der Waals surface area contributed by atoms with Gasteiger partial charge in [0.05, 0.1) is 5.56 Å². The van der Waals surface area contributed by atoms with Crippen LogP contribution in [0.2, 0.25) is 0 Å². The van der Waals surface area contributed by atoms with Crippen LogP contribution >= 0.6 is 67.8 Å². The zero-order valence-electron chi connectivity index (χ0n) is 7.22. The van der Waals surface area contributed by atoms with Crippen molar-refractivity contribution >= 4 is 73.6 Å². The maximum Gasteiger partial charge on any atom is 0.202 e. The molecule has 0 spiro atoms. The van der Waals surface area contributed by atoms with Gasteiger partial charge in [-0.2, -0.15) is 0 Å². The molecule has 1 aromatic rings. The third-order valence-electron chi connectivity index (χ3n) is 1.65. The number of carbonyl (C=O) groups is 1. The number of rotatable bonds is 2. The molecule has 5 heteroatoms. The smallest absolute Gasteiger partial charge is 0.202 e. The highest BCUT2D eigenvalue weighted by Gasteiger charge is 2.31. The Hall–Kier alpha value is 0.880. The Morgan fingerprint density at radius 1 is 1.36 bits per heavy atom. The number of ketones is 1. The molecule has 0 radical (unpaired) electrons. The molecule has 0 bridgehead atoms. The minimum absolute atomic E-state index is 0.0509. The highest BCUT2D eigenvalue weighted by atomic mass is 127. The molecule has 0 aliphatic rings. The second-order valence-electron chi connectivity index (χ2n) is 2.85. The number of phenols is 1. The normalized spacial score (nSPS) is 11.4. The summed E-state index contributed by atoms with van der Waals surface area (Å²) in [5, 5.41) is 9.54.